The van der Waals surface area contributed by atoms with E-state index in [-0.39, 0.29) is 0 Å². The number of hydrogen-bond acceptors (Lipinski definition) is 2. The summed E-state index contributed by atoms with van der Waals surface area (Å²) in [6.07, 6.45) is 0. The number of hydrogen-bond donors (Lipinski definition) is 0. The first kappa shape index (κ1) is 29.1. The number of benzene rings is 8. The van der Waals surface area contributed by atoms with Crippen molar-refractivity contribution < 1.29 is 0 Å². The first-order valence-corrected chi connectivity index (χ1v) is 17.3. The van der Waals surface area contributed by atoms with Crippen LogP contribution in [0.3, 0.4) is 0 Å². The molecule has 0 aliphatic heterocycles. The van der Waals surface area contributed by atoms with Crippen LogP contribution < -0.4 is 0 Å². The average molecular weight is 650 g/mol. The molecule has 10 rings (SSSR count). The molecule has 2 heterocycles. The van der Waals surface area contributed by atoms with Crippen LogP contribution >= 0.6 is 0 Å². The Labute approximate surface area is 295 Å². The van der Waals surface area contributed by atoms with Gasteiger partial charge in [0.15, 0.2) is 5.82 Å². The van der Waals surface area contributed by atoms with Crippen LogP contribution in [0.25, 0.3) is 94.1 Å². The highest BCUT2D eigenvalue weighted by atomic mass is 15.0. The quantitative estimate of drug-likeness (QED) is 0.186. The zero-order valence-electron chi connectivity index (χ0n) is 27.7. The van der Waals surface area contributed by atoms with Gasteiger partial charge >= 0.3 is 0 Å². The van der Waals surface area contributed by atoms with Crippen molar-refractivity contribution in [2.75, 3.05) is 0 Å². The highest BCUT2D eigenvalue weighted by Gasteiger charge is 2.18. The fourth-order valence-electron chi connectivity index (χ4n) is 7.71. The molecule has 0 atom stereocenters. The lowest BCUT2D eigenvalue weighted by molar-refractivity contribution is 1.18. The highest BCUT2D eigenvalue weighted by Crippen LogP contribution is 2.42. The summed E-state index contributed by atoms with van der Waals surface area (Å²) in [5.74, 6) is 0.715. The Bertz CT molecular complexity index is 2790. The minimum absolute atomic E-state index is 0.715. The molecule has 0 radical (unpaired) electrons. The third-order valence-corrected chi connectivity index (χ3v) is 10.0. The van der Waals surface area contributed by atoms with E-state index in [2.05, 4.69) is 168 Å². The van der Waals surface area contributed by atoms with E-state index in [0.717, 1.165) is 33.5 Å². The van der Waals surface area contributed by atoms with Gasteiger partial charge in [-0.25, -0.2) is 9.97 Å². The van der Waals surface area contributed by atoms with Crippen molar-refractivity contribution in [3.05, 3.63) is 188 Å². The molecule has 0 aliphatic rings. The van der Waals surface area contributed by atoms with Gasteiger partial charge in [-0.2, -0.15) is 0 Å². The second-order valence-corrected chi connectivity index (χ2v) is 12.9. The molecule has 0 spiro atoms. The minimum atomic E-state index is 0.715. The Kier molecular flexibility index (Phi) is 6.81. The normalized spacial score (nSPS) is 11.5. The van der Waals surface area contributed by atoms with E-state index in [9.17, 15) is 0 Å². The van der Waals surface area contributed by atoms with Crippen molar-refractivity contribution >= 4 is 43.4 Å². The van der Waals surface area contributed by atoms with Gasteiger partial charge in [-0.1, -0.05) is 164 Å². The molecule has 0 aliphatic carbocycles. The van der Waals surface area contributed by atoms with Gasteiger partial charge in [-0.05, 0) is 51.6 Å². The van der Waals surface area contributed by atoms with E-state index < -0.39 is 0 Å². The summed E-state index contributed by atoms with van der Waals surface area (Å²) in [7, 11) is 0. The minimum Gasteiger partial charge on any atom is -0.309 e. The van der Waals surface area contributed by atoms with Crippen LogP contribution in [0.1, 0.15) is 0 Å². The summed E-state index contributed by atoms with van der Waals surface area (Å²) < 4.78 is 2.42. The maximum Gasteiger partial charge on any atom is 0.160 e. The van der Waals surface area contributed by atoms with Crippen molar-refractivity contribution in [1.29, 1.82) is 0 Å². The second-order valence-electron chi connectivity index (χ2n) is 12.9. The van der Waals surface area contributed by atoms with Gasteiger partial charge in [0.2, 0.25) is 0 Å². The zero-order chi connectivity index (χ0) is 33.7. The summed E-state index contributed by atoms with van der Waals surface area (Å²) in [4.78, 5) is 10.2. The highest BCUT2D eigenvalue weighted by molar-refractivity contribution is 6.13. The molecule has 0 N–H and O–H groups in total. The Morgan fingerprint density at radius 1 is 0.314 bits per heavy atom. The van der Waals surface area contributed by atoms with Gasteiger partial charge in [0.05, 0.1) is 28.1 Å². The molecule has 2 aromatic heterocycles. The summed E-state index contributed by atoms with van der Waals surface area (Å²) >= 11 is 0. The average Bonchev–Trinajstić information content (AvgIpc) is 3.55. The van der Waals surface area contributed by atoms with Crippen LogP contribution in [0.4, 0.5) is 0 Å². The molecule has 10 aromatic rings. The predicted octanol–water partition coefficient (Wildman–Crippen LogP) is 12.5. The van der Waals surface area contributed by atoms with Crippen molar-refractivity contribution in [2.45, 2.75) is 0 Å². The molecule has 0 bridgehead atoms. The fourth-order valence-corrected chi connectivity index (χ4v) is 7.71. The van der Waals surface area contributed by atoms with Crippen molar-refractivity contribution in [3.8, 4) is 50.7 Å². The molecule has 0 amide bonds. The zero-order valence-corrected chi connectivity index (χ0v) is 27.7. The topological polar surface area (TPSA) is 30.7 Å². The predicted molar refractivity (Wildman–Crippen MR) is 213 cm³/mol. The van der Waals surface area contributed by atoms with Gasteiger partial charge in [0, 0.05) is 32.8 Å². The first-order chi connectivity index (χ1) is 25.3. The first-order valence-electron chi connectivity index (χ1n) is 17.3. The smallest absolute Gasteiger partial charge is 0.160 e. The van der Waals surface area contributed by atoms with Crippen LogP contribution in [0.5, 0.6) is 0 Å². The van der Waals surface area contributed by atoms with Crippen molar-refractivity contribution in [2.24, 2.45) is 0 Å². The number of para-hydroxylation sites is 2. The van der Waals surface area contributed by atoms with Gasteiger partial charge < -0.3 is 4.57 Å². The molecule has 0 unspecified atom stereocenters. The van der Waals surface area contributed by atoms with Gasteiger partial charge in [-0.3, -0.25) is 0 Å². The van der Waals surface area contributed by atoms with Gasteiger partial charge in [-0.15, -0.1) is 0 Å². The van der Waals surface area contributed by atoms with E-state index >= 15 is 0 Å². The van der Waals surface area contributed by atoms with Gasteiger partial charge in [0.1, 0.15) is 0 Å². The van der Waals surface area contributed by atoms with Crippen molar-refractivity contribution in [3.63, 3.8) is 0 Å². The number of fused-ring (bicyclic) bond motifs is 5. The molecule has 0 saturated carbocycles. The van der Waals surface area contributed by atoms with E-state index in [0.29, 0.717) is 5.82 Å². The van der Waals surface area contributed by atoms with Crippen LogP contribution in [-0.2, 0) is 0 Å². The van der Waals surface area contributed by atoms with Crippen molar-refractivity contribution in [1.82, 2.24) is 14.5 Å². The molecule has 3 nitrogen and oxygen atoms in total. The lowest BCUT2D eigenvalue weighted by atomic mass is 9.90. The van der Waals surface area contributed by atoms with Crippen LogP contribution in [0.15, 0.2) is 188 Å². The summed E-state index contributed by atoms with van der Waals surface area (Å²) in [6.45, 7) is 0. The monoisotopic (exact) mass is 649 g/mol. The second kappa shape index (κ2) is 11.9. The Hall–Kier alpha value is -6.84. The molecule has 51 heavy (non-hydrogen) atoms. The Morgan fingerprint density at radius 3 is 1.37 bits per heavy atom. The SMILES string of the molecule is c1ccc(-c2cc(-c3ccc(-c4ccc(-n5c6ccccc6c6ccccc65)c5ccccc45)c4ccccc34)nc(-c3ccccc3)n2)cc1. The maximum atomic E-state index is 5.18. The lowest BCUT2D eigenvalue weighted by Crippen LogP contribution is -1.97. The largest absolute Gasteiger partial charge is 0.309 e. The lowest BCUT2D eigenvalue weighted by Gasteiger charge is -2.17. The summed E-state index contributed by atoms with van der Waals surface area (Å²) in [6, 6.07) is 66.8. The van der Waals surface area contributed by atoms with E-state index in [1.807, 2.05) is 24.3 Å². The number of aromatic nitrogens is 3. The molecular weight excluding hydrogens is 619 g/mol. The third kappa shape index (κ3) is 4.82. The molecule has 238 valence electrons. The third-order valence-electron chi connectivity index (χ3n) is 10.0. The fraction of sp³-hybridized carbons (Fsp3) is 0. The molecule has 8 aromatic carbocycles. The molecule has 0 fully saturated rings. The standard InChI is InChI=1S/C48H31N3/c1-3-15-32(16-4-1)43-31-44(50-48(49-43)33-17-5-2-6-18-33)39-28-27-37(34-19-7-8-20-35(34)39)38-29-30-47(40-22-10-9-21-36(38)40)51-45-25-13-11-23-41(45)42-24-12-14-26-46(42)51/h1-31H. The maximum absolute atomic E-state index is 5.18. The van der Waals surface area contributed by atoms with Crippen LogP contribution in [0, 0.1) is 0 Å². The molecule has 0 saturated heterocycles. The molecular formula is C48H31N3. The number of nitrogens with zero attached hydrogens (tertiary/aromatic N) is 3. The van der Waals surface area contributed by atoms with E-state index in [1.54, 1.807) is 0 Å². The molecule has 3 heteroatoms. The van der Waals surface area contributed by atoms with Crippen LogP contribution in [0.2, 0.25) is 0 Å². The summed E-state index contributed by atoms with van der Waals surface area (Å²) in [5, 5.41) is 7.30. The number of rotatable bonds is 5. The van der Waals surface area contributed by atoms with E-state index in [1.165, 1.54) is 54.8 Å². The van der Waals surface area contributed by atoms with Crippen LogP contribution in [-0.4, -0.2) is 14.5 Å². The summed E-state index contributed by atoms with van der Waals surface area (Å²) in [5.41, 5.74) is 10.9. The van der Waals surface area contributed by atoms with Gasteiger partial charge in [0.25, 0.3) is 0 Å². The van der Waals surface area contributed by atoms with E-state index in [4.69, 9.17) is 9.97 Å². The Morgan fingerprint density at radius 2 is 0.745 bits per heavy atom. The Balaban J connectivity index is 1.18.